The summed E-state index contributed by atoms with van der Waals surface area (Å²) in [6, 6.07) is 0.903. The predicted molar refractivity (Wildman–Crippen MR) is 61.4 cm³/mol. The molecule has 3 rings (SSSR count). The molecular formula is C11H20N2S. The zero-order valence-electron chi connectivity index (χ0n) is 8.69. The topological polar surface area (TPSA) is 29.3 Å². The van der Waals surface area contributed by atoms with E-state index in [1.165, 1.54) is 37.4 Å². The number of nitrogens with two attached hydrogens (primary N) is 1. The van der Waals surface area contributed by atoms with Gasteiger partial charge >= 0.3 is 0 Å². The van der Waals surface area contributed by atoms with Crippen molar-refractivity contribution in [1.82, 2.24) is 4.90 Å². The van der Waals surface area contributed by atoms with E-state index in [1.807, 2.05) is 0 Å². The Morgan fingerprint density at radius 3 is 2.64 bits per heavy atom. The lowest BCUT2D eigenvalue weighted by molar-refractivity contribution is 0.212. The minimum absolute atomic E-state index is 0.891. The Labute approximate surface area is 90.6 Å². The van der Waals surface area contributed by atoms with Crippen molar-refractivity contribution in [1.29, 1.82) is 0 Å². The molecule has 2 saturated heterocycles. The lowest BCUT2D eigenvalue weighted by Gasteiger charge is -2.32. The molecule has 0 aromatic carbocycles. The highest BCUT2D eigenvalue weighted by molar-refractivity contribution is 7.99. The summed E-state index contributed by atoms with van der Waals surface area (Å²) >= 11 is 2.15. The fraction of sp³-hybridized carbons (Fsp3) is 1.00. The van der Waals surface area contributed by atoms with Gasteiger partial charge in [0, 0.05) is 24.9 Å². The fourth-order valence-corrected chi connectivity index (χ4v) is 4.53. The summed E-state index contributed by atoms with van der Waals surface area (Å²) in [5.74, 6) is 5.62. The highest BCUT2D eigenvalue weighted by atomic mass is 32.2. The Morgan fingerprint density at radius 2 is 2.07 bits per heavy atom. The van der Waals surface area contributed by atoms with Crippen LogP contribution >= 0.6 is 11.8 Å². The van der Waals surface area contributed by atoms with Gasteiger partial charge in [-0.2, -0.15) is 11.8 Å². The molecule has 2 N–H and O–H groups in total. The van der Waals surface area contributed by atoms with Crippen LogP contribution in [-0.4, -0.2) is 42.1 Å². The Balaban J connectivity index is 1.53. The average molecular weight is 212 g/mol. The van der Waals surface area contributed by atoms with Crippen LogP contribution < -0.4 is 5.73 Å². The van der Waals surface area contributed by atoms with E-state index in [2.05, 4.69) is 16.7 Å². The van der Waals surface area contributed by atoms with Crippen LogP contribution in [0, 0.1) is 17.8 Å². The molecule has 0 spiro atoms. The van der Waals surface area contributed by atoms with Crippen LogP contribution in [0.2, 0.25) is 0 Å². The zero-order chi connectivity index (χ0) is 9.54. The van der Waals surface area contributed by atoms with Crippen LogP contribution in [0.15, 0.2) is 0 Å². The molecule has 2 heterocycles. The van der Waals surface area contributed by atoms with E-state index in [9.17, 15) is 0 Å². The maximum Gasteiger partial charge on any atom is 0.0186 e. The molecular weight excluding hydrogens is 192 g/mol. The average Bonchev–Trinajstić information content (AvgIpc) is 2.72. The molecule has 2 aliphatic heterocycles. The number of hydrogen-bond acceptors (Lipinski definition) is 3. The van der Waals surface area contributed by atoms with Crippen LogP contribution in [0.25, 0.3) is 0 Å². The molecule has 3 heteroatoms. The van der Waals surface area contributed by atoms with Gasteiger partial charge in [-0.25, -0.2) is 0 Å². The zero-order valence-corrected chi connectivity index (χ0v) is 9.51. The van der Waals surface area contributed by atoms with Gasteiger partial charge in [0.05, 0.1) is 0 Å². The second-order valence-electron chi connectivity index (χ2n) is 5.05. The van der Waals surface area contributed by atoms with Crippen molar-refractivity contribution in [2.24, 2.45) is 23.5 Å². The molecule has 0 aromatic heterocycles. The standard InChI is InChI=1S/C11H20N2S/c12-4-9-10-5-13(6-11(9)10)8-2-1-3-14-7-8/h8-11H,1-7,12H2. The van der Waals surface area contributed by atoms with Crippen molar-refractivity contribution in [2.45, 2.75) is 18.9 Å². The van der Waals surface area contributed by atoms with E-state index in [4.69, 9.17) is 5.73 Å². The number of likely N-dealkylation sites (tertiary alicyclic amines) is 1. The number of thioether (sulfide) groups is 1. The van der Waals surface area contributed by atoms with E-state index < -0.39 is 0 Å². The number of fused-ring (bicyclic) bond motifs is 1. The lowest BCUT2D eigenvalue weighted by Crippen LogP contribution is -2.39. The first kappa shape index (κ1) is 9.49. The maximum atomic E-state index is 5.73. The Morgan fingerprint density at radius 1 is 1.29 bits per heavy atom. The van der Waals surface area contributed by atoms with Gasteiger partial charge in [0.25, 0.3) is 0 Å². The van der Waals surface area contributed by atoms with Crippen LogP contribution in [0.3, 0.4) is 0 Å². The molecule has 3 unspecified atom stereocenters. The van der Waals surface area contributed by atoms with Gasteiger partial charge in [0.15, 0.2) is 0 Å². The SMILES string of the molecule is NCC1C2CN(C3CCCSC3)CC12. The van der Waals surface area contributed by atoms with Crippen LogP contribution in [-0.2, 0) is 0 Å². The third kappa shape index (κ3) is 1.50. The molecule has 3 aliphatic rings. The molecule has 1 saturated carbocycles. The lowest BCUT2D eigenvalue weighted by atomic mass is 10.1. The quantitative estimate of drug-likeness (QED) is 0.741. The number of hydrogen-bond donors (Lipinski definition) is 1. The van der Waals surface area contributed by atoms with Crippen molar-refractivity contribution in [2.75, 3.05) is 31.1 Å². The largest absolute Gasteiger partial charge is 0.330 e. The van der Waals surface area contributed by atoms with Gasteiger partial charge < -0.3 is 5.73 Å². The molecule has 3 atom stereocenters. The molecule has 0 aromatic rings. The summed E-state index contributed by atoms with van der Waals surface area (Å²) in [5, 5.41) is 0. The normalized spacial score (nSPS) is 47.8. The van der Waals surface area contributed by atoms with Crippen LogP contribution in [0.4, 0.5) is 0 Å². The van der Waals surface area contributed by atoms with E-state index >= 15 is 0 Å². The van der Waals surface area contributed by atoms with Gasteiger partial charge in [0.2, 0.25) is 0 Å². The monoisotopic (exact) mass is 212 g/mol. The molecule has 1 aliphatic carbocycles. The number of piperidine rings is 1. The summed E-state index contributed by atoms with van der Waals surface area (Å²) in [6.45, 7) is 3.65. The second-order valence-corrected chi connectivity index (χ2v) is 6.20. The van der Waals surface area contributed by atoms with Crippen molar-refractivity contribution in [3.8, 4) is 0 Å². The van der Waals surface area contributed by atoms with E-state index in [1.54, 1.807) is 0 Å². The first-order valence-corrected chi connectivity index (χ1v) is 7.07. The van der Waals surface area contributed by atoms with Crippen molar-refractivity contribution in [3.05, 3.63) is 0 Å². The summed E-state index contributed by atoms with van der Waals surface area (Å²) < 4.78 is 0. The van der Waals surface area contributed by atoms with Gasteiger partial charge in [-0.1, -0.05) is 0 Å². The first-order chi connectivity index (χ1) is 6.90. The third-order valence-corrected chi connectivity index (χ3v) is 5.52. The first-order valence-electron chi connectivity index (χ1n) is 5.92. The third-order valence-electron chi connectivity index (χ3n) is 4.32. The molecule has 0 bridgehead atoms. The highest BCUT2D eigenvalue weighted by Gasteiger charge is 2.55. The maximum absolute atomic E-state index is 5.73. The van der Waals surface area contributed by atoms with Crippen molar-refractivity contribution < 1.29 is 0 Å². The molecule has 0 radical (unpaired) electrons. The number of rotatable bonds is 2. The summed E-state index contributed by atoms with van der Waals surface area (Å²) in [7, 11) is 0. The minimum atomic E-state index is 0.891. The summed E-state index contributed by atoms with van der Waals surface area (Å²) in [4.78, 5) is 2.74. The highest BCUT2D eigenvalue weighted by Crippen LogP contribution is 2.51. The molecule has 2 nitrogen and oxygen atoms in total. The second kappa shape index (κ2) is 3.69. The fourth-order valence-electron chi connectivity index (χ4n) is 3.34. The summed E-state index contributed by atoms with van der Waals surface area (Å²) in [5.41, 5.74) is 5.73. The van der Waals surface area contributed by atoms with E-state index in [0.29, 0.717) is 0 Å². The van der Waals surface area contributed by atoms with E-state index in [-0.39, 0.29) is 0 Å². The predicted octanol–water partition coefficient (Wildman–Crippen LogP) is 1.02. The Bertz CT molecular complexity index is 203. The molecule has 14 heavy (non-hydrogen) atoms. The van der Waals surface area contributed by atoms with Gasteiger partial charge in [-0.3, -0.25) is 4.90 Å². The Kier molecular flexibility index (Phi) is 2.50. The minimum Gasteiger partial charge on any atom is -0.330 e. The van der Waals surface area contributed by atoms with Gasteiger partial charge in [-0.15, -0.1) is 0 Å². The smallest absolute Gasteiger partial charge is 0.0186 e. The van der Waals surface area contributed by atoms with Gasteiger partial charge in [-0.05, 0) is 42.9 Å². The molecule has 0 amide bonds. The van der Waals surface area contributed by atoms with Crippen molar-refractivity contribution in [3.63, 3.8) is 0 Å². The van der Waals surface area contributed by atoms with Gasteiger partial charge in [0.1, 0.15) is 0 Å². The molecule has 80 valence electrons. The Hall–Kier alpha value is 0.270. The number of nitrogens with zero attached hydrogens (tertiary/aromatic N) is 1. The van der Waals surface area contributed by atoms with E-state index in [0.717, 1.165) is 30.3 Å². The van der Waals surface area contributed by atoms with Crippen LogP contribution in [0.1, 0.15) is 12.8 Å². The summed E-state index contributed by atoms with van der Waals surface area (Å²) in [6.07, 6.45) is 2.88. The van der Waals surface area contributed by atoms with Crippen LogP contribution in [0.5, 0.6) is 0 Å². The van der Waals surface area contributed by atoms with Crippen molar-refractivity contribution >= 4 is 11.8 Å². The molecule has 3 fully saturated rings.